The third kappa shape index (κ3) is 7.85. The third-order valence-electron chi connectivity index (χ3n) is 7.07. The summed E-state index contributed by atoms with van der Waals surface area (Å²) in [6.45, 7) is 2.67. The highest BCUT2D eigenvalue weighted by atomic mass is 35.5. The van der Waals surface area contributed by atoms with E-state index in [4.69, 9.17) is 32.7 Å². The van der Waals surface area contributed by atoms with Crippen LogP contribution in [0.3, 0.4) is 0 Å². The lowest BCUT2D eigenvalue weighted by atomic mass is 9.85. The molecule has 1 aliphatic heterocycles. The lowest BCUT2D eigenvalue weighted by molar-refractivity contribution is -0.142. The second-order valence-corrected chi connectivity index (χ2v) is 10.5. The minimum Gasteiger partial charge on any atom is -0.490 e. The molecule has 1 aliphatic carbocycles. The molecule has 34 heavy (non-hydrogen) atoms. The summed E-state index contributed by atoms with van der Waals surface area (Å²) in [5, 5.41) is 31.3. The summed E-state index contributed by atoms with van der Waals surface area (Å²) in [4.78, 5) is 11.4. The lowest BCUT2D eigenvalue weighted by Gasteiger charge is -2.21. The number of aliphatic carboxylic acids is 1. The number of benzene rings is 1. The van der Waals surface area contributed by atoms with Crippen molar-refractivity contribution < 1.29 is 29.6 Å². The van der Waals surface area contributed by atoms with E-state index in [9.17, 15) is 20.1 Å². The zero-order chi connectivity index (χ0) is 24.7. The maximum Gasteiger partial charge on any atom is 0.306 e. The molecular weight excluding hydrogens is 479 g/mol. The Labute approximate surface area is 211 Å². The second-order valence-electron chi connectivity index (χ2n) is 9.63. The van der Waals surface area contributed by atoms with E-state index >= 15 is 0 Å². The Balaban J connectivity index is 1.51. The molecule has 1 aromatic rings. The molecule has 0 bridgehead atoms. The van der Waals surface area contributed by atoms with Crippen molar-refractivity contribution >= 4 is 29.2 Å². The smallest absolute Gasteiger partial charge is 0.306 e. The highest BCUT2D eigenvalue weighted by molar-refractivity contribution is 6.34. The van der Waals surface area contributed by atoms with Gasteiger partial charge in [-0.1, -0.05) is 48.7 Å². The van der Waals surface area contributed by atoms with Gasteiger partial charge in [0.05, 0.1) is 18.1 Å². The van der Waals surface area contributed by atoms with Gasteiger partial charge in [-0.3, -0.25) is 4.79 Å². The molecule has 1 heterocycles. The average molecular weight is 515 g/mol. The van der Waals surface area contributed by atoms with Gasteiger partial charge in [0.25, 0.3) is 0 Å². The van der Waals surface area contributed by atoms with Crippen LogP contribution in [-0.2, 0) is 9.53 Å². The molecule has 1 unspecified atom stereocenters. The molecule has 2 aliphatic rings. The Morgan fingerprint density at radius 2 is 1.97 bits per heavy atom. The highest BCUT2D eigenvalue weighted by Crippen LogP contribution is 2.42. The first-order chi connectivity index (χ1) is 16.3. The standard InChI is InChI=1S/C26H36Cl2O6/c1-2-3-17(26(31)32)6-4-16-5-8-23-22(24(30)13-25(23)34-14-16)9-7-20(29)15-33-21-11-18(27)10-19(28)12-21/h7,9-12,16-17,20,22-25,29-30H,2-6,8,13-15H2,1H3,(H,31,32)/t16-,17?,20-,22-,23-,24-,25+/m1/s1. The fourth-order valence-corrected chi connectivity index (χ4v) is 5.73. The Hall–Kier alpha value is -1.31. The zero-order valence-electron chi connectivity index (χ0n) is 19.6. The monoisotopic (exact) mass is 514 g/mol. The average Bonchev–Trinajstić information content (AvgIpc) is 2.94. The molecule has 0 radical (unpaired) electrons. The molecular formula is C26H36Cl2O6. The molecule has 8 heteroatoms. The zero-order valence-corrected chi connectivity index (χ0v) is 21.1. The van der Waals surface area contributed by atoms with E-state index in [1.54, 1.807) is 24.3 Å². The van der Waals surface area contributed by atoms with Gasteiger partial charge in [-0.25, -0.2) is 0 Å². The number of aliphatic hydroxyl groups is 2. The van der Waals surface area contributed by atoms with Crippen molar-refractivity contribution in [3.63, 3.8) is 0 Å². The third-order valence-corrected chi connectivity index (χ3v) is 7.50. The molecule has 3 N–H and O–H groups in total. The number of rotatable bonds is 11. The van der Waals surface area contributed by atoms with E-state index < -0.39 is 18.2 Å². The van der Waals surface area contributed by atoms with Gasteiger partial charge in [0.2, 0.25) is 0 Å². The van der Waals surface area contributed by atoms with Gasteiger partial charge in [0.15, 0.2) is 0 Å². The Bertz CT molecular complexity index is 811. The molecule has 7 atom stereocenters. The minimum atomic E-state index is -0.838. The van der Waals surface area contributed by atoms with Gasteiger partial charge in [0, 0.05) is 29.0 Å². The fourth-order valence-electron chi connectivity index (χ4n) is 5.23. The first kappa shape index (κ1) is 27.3. The van der Waals surface area contributed by atoms with Crippen LogP contribution >= 0.6 is 23.2 Å². The summed E-state index contributed by atoms with van der Waals surface area (Å²) in [5.41, 5.74) is 0. The van der Waals surface area contributed by atoms with Crippen molar-refractivity contribution in [2.45, 2.75) is 70.2 Å². The number of halogens is 2. The number of carboxylic acids is 1. The number of hydrogen-bond acceptors (Lipinski definition) is 5. The van der Waals surface area contributed by atoms with E-state index in [-0.39, 0.29) is 30.5 Å². The predicted octanol–water partition coefficient (Wildman–Crippen LogP) is 5.36. The van der Waals surface area contributed by atoms with E-state index in [2.05, 4.69) is 0 Å². The van der Waals surface area contributed by atoms with Crippen molar-refractivity contribution in [3.8, 4) is 5.75 Å². The summed E-state index contributed by atoms with van der Waals surface area (Å²) < 4.78 is 11.8. The van der Waals surface area contributed by atoms with Gasteiger partial charge in [-0.05, 0) is 62.1 Å². The van der Waals surface area contributed by atoms with Gasteiger partial charge >= 0.3 is 5.97 Å². The van der Waals surface area contributed by atoms with Crippen molar-refractivity contribution in [2.75, 3.05) is 13.2 Å². The Morgan fingerprint density at radius 3 is 2.65 bits per heavy atom. The van der Waals surface area contributed by atoms with Crippen LogP contribution in [0.15, 0.2) is 30.4 Å². The topological polar surface area (TPSA) is 96.2 Å². The van der Waals surface area contributed by atoms with Gasteiger partial charge in [0.1, 0.15) is 18.5 Å². The quantitative estimate of drug-likeness (QED) is 0.344. The Kier molecular flexibility index (Phi) is 10.5. The lowest BCUT2D eigenvalue weighted by Crippen LogP contribution is -2.22. The van der Waals surface area contributed by atoms with E-state index in [0.717, 1.165) is 25.7 Å². The molecule has 0 aromatic heterocycles. The fraction of sp³-hybridized carbons (Fsp3) is 0.654. The van der Waals surface area contributed by atoms with Crippen molar-refractivity contribution in [2.24, 2.45) is 23.7 Å². The number of fused-ring (bicyclic) bond motifs is 1. The molecule has 0 amide bonds. The first-order valence-corrected chi connectivity index (χ1v) is 13.0. The summed E-state index contributed by atoms with van der Waals surface area (Å²) in [5.74, 6) is -0.0693. The normalized spacial score (nSPS) is 28.9. The minimum absolute atomic E-state index is 0.0115. The van der Waals surface area contributed by atoms with E-state index in [0.29, 0.717) is 47.6 Å². The van der Waals surface area contributed by atoms with Crippen molar-refractivity contribution in [3.05, 3.63) is 40.4 Å². The predicted molar refractivity (Wildman–Crippen MR) is 132 cm³/mol. The van der Waals surface area contributed by atoms with Crippen molar-refractivity contribution in [1.82, 2.24) is 0 Å². The van der Waals surface area contributed by atoms with Crippen LogP contribution in [0.5, 0.6) is 5.75 Å². The van der Waals surface area contributed by atoms with Gasteiger partial charge < -0.3 is 24.8 Å². The largest absolute Gasteiger partial charge is 0.490 e. The summed E-state index contributed by atoms with van der Waals surface area (Å²) in [7, 11) is 0. The SMILES string of the molecule is CCCC(CC[C@@H]1CC[C@@H]2[C@@H](C=C[C@@H](O)COc3cc(Cl)cc(Cl)c3)[C@H](O)C[C@@H]2OC1)C(=O)O. The number of carbonyl (C=O) groups is 1. The number of carboxylic acid groups (broad SMARTS) is 1. The molecule has 1 saturated carbocycles. The second kappa shape index (κ2) is 13.1. The summed E-state index contributed by atoms with van der Waals surface area (Å²) in [6.07, 6.45) is 7.77. The molecule has 190 valence electrons. The Morgan fingerprint density at radius 1 is 1.24 bits per heavy atom. The van der Waals surface area contributed by atoms with E-state index in [1.165, 1.54) is 0 Å². The molecule has 1 saturated heterocycles. The summed E-state index contributed by atoms with van der Waals surface area (Å²) in [6, 6.07) is 4.88. The van der Waals surface area contributed by atoms with E-state index in [1.807, 2.05) is 13.0 Å². The van der Waals surface area contributed by atoms with Crippen LogP contribution < -0.4 is 4.74 Å². The molecule has 0 spiro atoms. The van der Waals surface area contributed by atoms with Crippen LogP contribution in [0.25, 0.3) is 0 Å². The van der Waals surface area contributed by atoms with Crippen LogP contribution in [0.2, 0.25) is 10.0 Å². The van der Waals surface area contributed by atoms with Gasteiger partial charge in [-0.15, -0.1) is 0 Å². The van der Waals surface area contributed by atoms with Crippen LogP contribution in [0.4, 0.5) is 0 Å². The summed E-state index contributed by atoms with van der Waals surface area (Å²) >= 11 is 11.9. The number of hydrogen-bond donors (Lipinski definition) is 3. The van der Waals surface area contributed by atoms with Crippen LogP contribution in [0, 0.1) is 23.7 Å². The first-order valence-electron chi connectivity index (χ1n) is 12.2. The molecule has 6 nitrogen and oxygen atoms in total. The highest BCUT2D eigenvalue weighted by Gasteiger charge is 2.43. The maximum atomic E-state index is 11.4. The van der Waals surface area contributed by atoms with Gasteiger partial charge in [-0.2, -0.15) is 0 Å². The number of ether oxygens (including phenoxy) is 2. The van der Waals surface area contributed by atoms with Crippen LogP contribution in [0.1, 0.15) is 51.9 Å². The molecule has 1 aromatic carbocycles. The molecule has 3 rings (SSSR count). The van der Waals surface area contributed by atoms with Crippen molar-refractivity contribution in [1.29, 1.82) is 0 Å². The number of aliphatic hydroxyl groups excluding tert-OH is 2. The maximum absolute atomic E-state index is 11.4. The molecule has 2 fully saturated rings. The van der Waals surface area contributed by atoms with Crippen LogP contribution in [-0.4, -0.2) is 52.8 Å².